The summed E-state index contributed by atoms with van der Waals surface area (Å²) in [5.74, 6) is 0.930. The van der Waals surface area contributed by atoms with Gasteiger partial charge in [0.15, 0.2) is 0 Å². The summed E-state index contributed by atoms with van der Waals surface area (Å²) in [6.45, 7) is 8.49. The van der Waals surface area contributed by atoms with Gasteiger partial charge in [0, 0.05) is 11.3 Å². The molecule has 0 aliphatic carbocycles. The number of aromatic nitrogens is 2. The van der Waals surface area contributed by atoms with Gasteiger partial charge in [0.05, 0.1) is 11.0 Å². The number of benzene rings is 5. The standard InChI is InChI=1S/C35H28N2/c1-4-14-29-24(3)30-19-9-10-20-31(30)34(28(29)5-2)25-15-13-16-26(23-25)35-36-32-21-11-12-22-33(32)37(35)27-17-7-6-8-18-27/h4-23H,2H2,1,3H3/b14-4-. The van der Waals surface area contributed by atoms with Crippen molar-refractivity contribution in [1.82, 2.24) is 9.55 Å². The van der Waals surface area contributed by atoms with E-state index in [2.05, 4.69) is 128 Å². The topological polar surface area (TPSA) is 17.8 Å². The molecule has 1 aromatic heterocycles. The molecule has 0 N–H and O–H groups in total. The Balaban J connectivity index is 1.65. The summed E-state index contributed by atoms with van der Waals surface area (Å²) in [6, 6.07) is 36.2. The van der Waals surface area contributed by atoms with Crippen LogP contribution in [-0.2, 0) is 0 Å². The number of rotatable bonds is 5. The lowest BCUT2D eigenvalue weighted by Gasteiger charge is -2.18. The first-order valence-electron chi connectivity index (χ1n) is 12.7. The summed E-state index contributed by atoms with van der Waals surface area (Å²) in [7, 11) is 0. The maximum absolute atomic E-state index is 5.09. The monoisotopic (exact) mass is 476 g/mol. The summed E-state index contributed by atoms with van der Waals surface area (Å²) >= 11 is 0. The second-order valence-corrected chi connectivity index (χ2v) is 9.25. The summed E-state index contributed by atoms with van der Waals surface area (Å²) in [5.41, 5.74) is 10.2. The summed E-state index contributed by atoms with van der Waals surface area (Å²) in [6.07, 6.45) is 6.30. The smallest absolute Gasteiger partial charge is 0.145 e. The van der Waals surface area contributed by atoms with Gasteiger partial charge in [-0.3, -0.25) is 4.57 Å². The van der Waals surface area contributed by atoms with Crippen molar-refractivity contribution in [3.05, 3.63) is 132 Å². The van der Waals surface area contributed by atoms with E-state index in [1.54, 1.807) is 0 Å². The highest BCUT2D eigenvalue weighted by Gasteiger charge is 2.18. The average molecular weight is 477 g/mol. The van der Waals surface area contributed by atoms with Gasteiger partial charge in [0.2, 0.25) is 0 Å². The first-order chi connectivity index (χ1) is 18.2. The second-order valence-electron chi connectivity index (χ2n) is 9.25. The maximum Gasteiger partial charge on any atom is 0.145 e. The third-order valence-corrected chi connectivity index (χ3v) is 7.09. The molecule has 0 saturated carbocycles. The van der Waals surface area contributed by atoms with Crippen LogP contribution >= 0.6 is 0 Å². The largest absolute Gasteiger partial charge is 0.292 e. The van der Waals surface area contributed by atoms with Crippen LogP contribution in [0.25, 0.3) is 62.2 Å². The van der Waals surface area contributed by atoms with E-state index in [9.17, 15) is 0 Å². The Hall–Kier alpha value is -4.69. The van der Waals surface area contributed by atoms with Crippen molar-refractivity contribution in [3.8, 4) is 28.2 Å². The molecule has 0 aliphatic rings. The number of hydrogen-bond acceptors (Lipinski definition) is 1. The van der Waals surface area contributed by atoms with Crippen molar-refractivity contribution in [2.45, 2.75) is 13.8 Å². The van der Waals surface area contributed by atoms with Gasteiger partial charge in [0.1, 0.15) is 5.82 Å². The first kappa shape index (κ1) is 22.8. The van der Waals surface area contributed by atoms with Crippen LogP contribution in [0.3, 0.4) is 0 Å². The van der Waals surface area contributed by atoms with E-state index < -0.39 is 0 Å². The van der Waals surface area contributed by atoms with Crippen molar-refractivity contribution >= 4 is 34.0 Å². The normalized spacial score (nSPS) is 11.5. The number of para-hydroxylation sites is 3. The summed E-state index contributed by atoms with van der Waals surface area (Å²) in [4.78, 5) is 5.09. The number of nitrogens with zero attached hydrogens (tertiary/aromatic N) is 2. The summed E-state index contributed by atoms with van der Waals surface area (Å²) < 4.78 is 2.25. The molecular formula is C35H28N2. The molecule has 0 radical (unpaired) electrons. The molecule has 2 nitrogen and oxygen atoms in total. The molecule has 37 heavy (non-hydrogen) atoms. The third-order valence-electron chi connectivity index (χ3n) is 7.09. The number of hydrogen-bond donors (Lipinski definition) is 0. The predicted molar refractivity (Wildman–Crippen MR) is 159 cm³/mol. The minimum absolute atomic E-state index is 0.930. The molecule has 5 aromatic carbocycles. The van der Waals surface area contributed by atoms with Crippen molar-refractivity contribution < 1.29 is 0 Å². The molecule has 0 atom stereocenters. The van der Waals surface area contributed by atoms with Crippen LogP contribution < -0.4 is 0 Å². The molecular weight excluding hydrogens is 448 g/mol. The van der Waals surface area contributed by atoms with E-state index in [-0.39, 0.29) is 0 Å². The van der Waals surface area contributed by atoms with E-state index >= 15 is 0 Å². The highest BCUT2D eigenvalue weighted by Crippen LogP contribution is 2.40. The zero-order valence-electron chi connectivity index (χ0n) is 21.1. The maximum atomic E-state index is 5.09. The molecule has 0 unspecified atom stereocenters. The van der Waals surface area contributed by atoms with Crippen molar-refractivity contribution in [2.24, 2.45) is 0 Å². The van der Waals surface area contributed by atoms with Gasteiger partial charge in [-0.25, -0.2) is 4.98 Å². The van der Waals surface area contributed by atoms with Crippen LogP contribution in [0, 0.1) is 6.92 Å². The van der Waals surface area contributed by atoms with Gasteiger partial charge < -0.3 is 0 Å². The lowest BCUT2D eigenvalue weighted by Crippen LogP contribution is -1.98. The zero-order valence-corrected chi connectivity index (χ0v) is 21.1. The Bertz CT molecular complexity index is 1800. The van der Waals surface area contributed by atoms with Crippen molar-refractivity contribution in [3.63, 3.8) is 0 Å². The molecule has 178 valence electrons. The first-order valence-corrected chi connectivity index (χ1v) is 12.7. The van der Waals surface area contributed by atoms with Crippen LogP contribution in [0.15, 0.2) is 116 Å². The van der Waals surface area contributed by atoms with E-state index in [1.165, 1.54) is 27.5 Å². The molecule has 2 heteroatoms. The molecule has 0 saturated heterocycles. The highest BCUT2D eigenvalue weighted by molar-refractivity contribution is 6.05. The van der Waals surface area contributed by atoms with Crippen LogP contribution in [0.2, 0.25) is 0 Å². The number of fused-ring (bicyclic) bond motifs is 2. The number of aryl methyl sites for hydroxylation is 1. The van der Waals surface area contributed by atoms with E-state index in [4.69, 9.17) is 4.98 Å². The molecule has 6 rings (SSSR count). The van der Waals surface area contributed by atoms with Gasteiger partial charge in [0.25, 0.3) is 0 Å². The van der Waals surface area contributed by atoms with Gasteiger partial charge in [-0.15, -0.1) is 0 Å². The van der Waals surface area contributed by atoms with Crippen molar-refractivity contribution in [2.75, 3.05) is 0 Å². The quantitative estimate of drug-likeness (QED) is 0.242. The molecule has 6 aromatic rings. The molecule has 0 amide bonds. The Labute approximate surface area is 217 Å². The zero-order chi connectivity index (χ0) is 25.4. The van der Waals surface area contributed by atoms with E-state index in [0.717, 1.165) is 39.2 Å². The fraction of sp³-hybridized carbons (Fsp3) is 0.0571. The van der Waals surface area contributed by atoms with Crippen LogP contribution in [0.1, 0.15) is 23.6 Å². The van der Waals surface area contributed by atoms with Crippen LogP contribution in [-0.4, -0.2) is 9.55 Å². The molecule has 0 aliphatic heterocycles. The molecule has 0 bridgehead atoms. The fourth-order valence-corrected chi connectivity index (χ4v) is 5.43. The van der Waals surface area contributed by atoms with E-state index in [1.807, 2.05) is 18.2 Å². The highest BCUT2D eigenvalue weighted by atomic mass is 15.1. The number of imidazole rings is 1. The Morgan fingerprint density at radius 1 is 0.730 bits per heavy atom. The van der Waals surface area contributed by atoms with Gasteiger partial charge in [-0.05, 0) is 82.8 Å². The average Bonchev–Trinajstić information content (AvgIpc) is 3.35. The SMILES string of the molecule is C=Cc1c(/C=C\C)c(C)c2ccccc2c1-c1cccc(-c2nc3ccccc3n2-c2ccccc2)c1. The lowest BCUT2D eigenvalue weighted by molar-refractivity contribution is 1.10. The molecule has 1 heterocycles. The lowest BCUT2D eigenvalue weighted by atomic mass is 9.85. The van der Waals surface area contributed by atoms with Gasteiger partial charge in [-0.2, -0.15) is 0 Å². The minimum atomic E-state index is 0.930. The van der Waals surface area contributed by atoms with E-state index in [0.29, 0.717) is 0 Å². The minimum Gasteiger partial charge on any atom is -0.292 e. The third kappa shape index (κ3) is 3.78. The van der Waals surface area contributed by atoms with Crippen molar-refractivity contribution in [1.29, 1.82) is 0 Å². The molecule has 0 spiro atoms. The Morgan fingerprint density at radius 2 is 1.43 bits per heavy atom. The fourth-order valence-electron chi connectivity index (χ4n) is 5.43. The van der Waals surface area contributed by atoms with Crippen LogP contribution in [0.4, 0.5) is 0 Å². The predicted octanol–water partition coefficient (Wildman–Crippen LogP) is 9.50. The number of allylic oxidation sites excluding steroid dienone is 1. The van der Waals surface area contributed by atoms with Gasteiger partial charge in [-0.1, -0.05) is 97.6 Å². The summed E-state index contributed by atoms with van der Waals surface area (Å²) in [5, 5.41) is 2.50. The van der Waals surface area contributed by atoms with Crippen LogP contribution in [0.5, 0.6) is 0 Å². The van der Waals surface area contributed by atoms with Gasteiger partial charge >= 0.3 is 0 Å². The molecule has 0 fully saturated rings. The Morgan fingerprint density at radius 3 is 2.22 bits per heavy atom. The second kappa shape index (κ2) is 9.40. The Kier molecular flexibility index (Phi) is 5.78.